The molecule has 1 heterocycles. The maximum Gasteiger partial charge on any atom is 0.108 e. The van der Waals surface area contributed by atoms with E-state index in [9.17, 15) is 0 Å². The summed E-state index contributed by atoms with van der Waals surface area (Å²) >= 11 is 0. The number of nitrogens with two attached hydrogens (primary N) is 1. The number of benzene rings is 1. The van der Waals surface area contributed by atoms with E-state index in [0.717, 1.165) is 17.9 Å². The van der Waals surface area contributed by atoms with Gasteiger partial charge in [-0.2, -0.15) is 0 Å². The first-order valence-electron chi connectivity index (χ1n) is 5.59. The fourth-order valence-corrected chi connectivity index (χ4v) is 1.91. The van der Waals surface area contributed by atoms with Crippen molar-refractivity contribution in [3.63, 3.8) is 0 Å². The van der Waals surface area contributed by atoms with Crippen LogP contribution in [0.5, 0.6) is 0 Å². The smallest absolute Gasteiger partial charge is 0.108 e. The first-order valence-corrected chi connectivity index (χ1v) is 5.59. The van der Waals surface area contributed by atoms with E-state index < -0.39 is 0 Å². The molecule has 1 atom stereocenters. The number of anilines is 1. The van der Waals surface area contributed by atoms with Crippen LogP contribution in [0.25, 0.3) is 0 Å². The molecule has 0 aliphatic carbocycles. The third-order valence-electron chi connectivity index (χ3n) is 2.90. The third kappa shape index (κ3) is 1.94. The number of imidazole rings is 1. The average Bonchev–Trinajstić information content (AvgIpc) is 2.77. The van der Waals surface area contributed by atoms with Gasteiger partial charge in [0, 0.05) is 24.5 Å². The molecule has 3 heteroatoms. The minimum absolute atomic E-state index is 0.304. The summed E-state index contributed by atoms with van der Waals surface area (Å²) in [6.45, 7) is 4.29. The van der Waals surface area contributed by atoms with Crippen molar-refractivity contribution >= 4 is 5.69 Å². The Bertz CT molecular complexity index is 456. The maximum absolute atomic E-state index is 5.68. The lowest BCUT2D eigenvalue weighted by molar-refractivity contribution is 0.605. The van der Waals surface area contributed by atoms with Crippen LogP contribution in [0.3, 0.4) is 0 Å². The highest BCUT2D eigenvalue weighted by Crippen LogP contribution is 2.20. The van der Waals surface area contributed by atoms with Crippen LogP contribution in [0.2, 0.25) is 0 Å². The summed E-state index contributed by atoms with van der Waals surface area (Å²) in [4.78, 5) is 4.34. The van der Waals surface area contributed by atoms with Crippen molar-refractivity contribution in [2.45, 2.75) is 26.3 Å². The molecule has 0 aliphatic heterocycles. The van der Waals surface area contributed by atoms with Crippen LogP contribution >= 0.6 is 0 Å². The quantitative estimate of drug-likeness (QED) is 0.800. The van der Waals surface area contributed by atoms with Crippen molar-refractivity contribution in [1.29, 1.82) is 0 Å². The van der Waals surface area contributed by atoms with Gasteiger partial charge in [0.1, 0.15) is 5.82 Å². The maximum atomic E-state index is 5.68. The number of nitrogens with zero attached hydrogens (tertiary/aromatic N) is 2. The Morgan fingerprint density at radius 2 is 2.00 bits per heavy atom. The normalized spacial score (nSPS) is 12.6. The van der Waals surface area contributed by atoms with Crippen LogP contribution in [0, 0.1) is 0 Å². The molecule has 84 valence electrons. The lowest BCUT2D eigenvalue weighted by Gasteiger charge is -2.16. The molecule has 1 aromatic heterocycles. The summed E-state index contributed by atoms with van der Waals surface area (Å²) < 4.78 is 2.20. The van der Waals surface area contributed by atoms with E-state index in [0.29, 0.717) is 6.04 Å². The molecule has 3 nitrogen and oxygen atoms in total. The van der Waals surface area contributed by atoms with Gasteiger partial charge in [0.25, 0.3) is 0 Å². The summed E-state index contributed by atoms with van der Waals surface area (Å²) in [5, 5.41) is 0. The van der Waals surface area contributed by atoms with E-state index in [2.05, 4.69) is 35.5 Å². The molecule has 2 rings (SSSR count). The Labute approximate surface area is 95.9 Å². The first-order chi connectivity index (χ1) is 7.72. The molecule has 0 saturated heterocycles. The molecule has 0 radical (unpaired) electrons. The highest BCUT2D eigenvalue weighted by Gasteiger charge is 2.10. The monoisotopic (exact) mass is 215 g/mol. The van der Waals surface area contributed by atoms with Crippen LogP contribution in [0.4, 0.5) is 5.69 Å². The van der Waals surface area contributed by atoms with Gasteiger partial charge in [0.05, 0.1) is 6.04 Å². The highest BCUT2D eigenvalue weighted by atomic mass is 15.1. The zero-order valence-corrected chi connectivity index (χ0v) is 9.72. The van der Waals surface area contributed by atoms with Crippen LogP contribution in [-0.4, -0.2) is 9.55 Å². The van der Waals surface area contributed by atoms with Gasteiger partial charge in [-0.3, -0.25) is 0 Å². The number of hydrogen-bond acceptors (Lipinski definition) is 2. The van der Waals surface area contributed by atoms with Crippen molar-refractivity contribution in [3.05, 3.63) is 48.0 Å². The number of hydrogen-bond donors (Lipinski definition) is 1. The SMILES string of the molecule is CCc1nccn1C(C)c1ccc(N)cc1. The number of aryl methyl sites for hydroxylation is 1. The van der Waals surface area contributed by atoms with Gasteiger partial charge in [-0.25, -0.2) is 4.98 Å². The molecule has 0 saturated carbocycles. The molecule has 0 aliphatic rings. The number of nitrogen functional groups attached to an aromatic ring is 1. The lowest BCUT2D eigenvalue weighted by Crippen LogP contribution is -2.09. The lowest BCUT2D eigenvalue weighted by atomic mass is 10.1. The van der Waals surface area contributed by atoms with E-state index in [1.165, 1.54) is 5.56 Å². The molecular weight excluding hydrogens is 198 g/mol. The van der Waals surface area contributed by atoms with E-state index in [-0.39, 0.29) is 0 Å². The molecule has 16 heavy (non-hydrogen) atoms. The summed E-state index contributed by atoms with van der Waals surface area (Å²) in [5.41, 5.74) is 7.74. The molecule has 0 amide bonds. The van der Waals surface area contributed by atoms with Crippen LogP contribution in [-0.2, 0) is 6.42 Å². The summed E-state index contributed by atoms with van der Waals surface area (Å²) in [7, 11) is 0. The average molecular weight is 215 g/mol. The highest BCUT2D eigenvalue weighted by molar-refractivity contribution is 5.40. The van der Waals surface area contributed by atoms with E-state index >= 15 is 0 Å². The predicted molar refractivity (Wildman–Crippen MR) is 66.3 cm³/mol. The predicted octanol–water partition coefficient (Wildman–Crippen LogP) is 2.64. The Hall–Kier alpha value is -1.77. The third-order valence-corrected chi connectivity index (χ3v) is 2.90. The van der Waals surface area contributed by atoms with Gasteiger partial charge in [0.15, 0.2) is 0 Å². The standard InChI is InChI=1S/C13H17N3/c1-3-13-15-8-9-16(13)10(2)11-4-6-12(14)7-5-11/h4-10H,3,14H2,1-2H3. The minimum Gasteiger partial charge on any atom is -0.399 e. The van der Waals surface area contributed by atoms with Crippen molar-refractivity contribution in [2.24, 2.45) is 0 Å². The van der Waals surface area contributed by atoms with E-state index in [1.807, 2.05) is 24.5 Å². The summed E-state index contributed by atoms with van der Waals surface area (Å²) in [5.74, 6) is 1.12. The topological polar surface area (TPSA) is 43.8 Å². The van der Waals surface area contributed by atoms with Crippen LogP contribution in [0.15, 0.2) is 36.7 Å². The summed E-state index contributed by atoms with van der Waals surface area (Å²) in [6, 6.07) is 8.32. The summed E-state index contributed by atoms with van der Waals surface area (Å²) in [6.07, 6.45) is 4.83. The van der Waals surface area contributed by atoms with Gasteiger partial charge in [-0.15, -0.1) is 0 Å². The van der Waals surface area contributed by atoms with Crippen molar-refractivity contribution in [1.82, 2.24) is 9.55 Å². The van der Waals surface area contributed by atoms with Gasteiger partial charge in [0.2, 0.25) is 0 Å². The van der Waals surface area contributed by atoms with Gasteiger partial charge < -0.3 is 10.3 Å². The second kappa shape index (κ2) is 4.39. The second-order valence-corrected chi connectivity index (χ2v) is 3.95. The Morgan fingerprint density at radius 1 is 1.31 bits per heavy atom. The number of rotatable bonds is 3. The molecule has 1 unspecified atom stereocenters. The molecule has 1 aromatic carbocycles. The Balaban J connectivity index is 2.31. The van der Waals surface area contributed by atoms with Crippen molar-refractivity contribution in [3.8, 4) is 0 Å². The first kappa shape index (κ1) is 10.7. The molecule has 2 N–H and O–H groups in total. The van der Waals surface area contributed by atoms with Gasteiger partial charge in [-0.05, 0) is 24.6 Å². The van der Waals surface area contributed by atoms with Gasteiger partial charge in [-0.1, -0.05) is 19.1 Å². The molecular formula is C13H17N3. The van der Waals surface area contributed by atoms with Crippen molar-refractivity contribution in [2.75, 3.05) is 5.73 Å². The minimum atomic E-state index is 0.304. The Morgan fingerprint density at radius 3 is 2.62 bits per heavy atom. The Kier molecular flexibility index (Phi) is 2.95. The van der Waals surface area contributed by atoms with Gasteiger partial charge >= 0.3 is 0 Å². The zero-order chi connectivity index (χ0) is 11.5. The molecule has 0 fully saturated rings. The molecule has 0 bridgehead atoms. The largest absolute Gasteiger partial charge is 0.399 e. The number of aromatic nitrogens is 2. The molecule has 2 aromatic rings. The van der Waals surface area contributed by atoms with E-state index in [4.69, 9.17) is 5.73 Å². The van der Waals surface area contributed by atoms with Crippen molar-refractivity contribution < 1.29 is 0 Å². The zero-order valence-electron chi connectivity index (χ0n) is 9.72. The second-order valence-electron chi connectivity index (χ2n) is 3.95. The fraction of sp³-hybridized carbons (Fsp3) is 0.308. The van der Waals surface area contributed by atoms with Crippen LogP contribution < -0.4 is 5.73 Å². The fourth-order valence-electron chi connectivity index (χ4n) is 1.91. The van der Waals surface area contributed by atoms with Crippen LogP contribution in [0.1, 0.15) is 31.3 Å². The molecule has 0 spiro atoms. The van der Waals surface area contributed by atoms with E-state index in [1.54, 1.807) is 0 Å².